The van der Waals surface area contributed by atoms with Gasteiger partial charge in [-0.15, -0.1) is 0 Å². The van der Waals surface area contributed by atoms with Crippen LogP contribution in [0.25, 0.3) is 0 Å². The molecule has 0 aromatic heterocycles. The lowest BCUT2D eigenvalue weighted by molar-refractivity contribution is -0.121. The normalized spacial score (nSPS) is 16.1. The Morgan fingerprint density at radius 2 is 1.47 bits per heavy atom. The summed E-state index contributed by atoms with van der Waals surface area (Å²) >= 11 is 0. The number of carbonyl (C=O) groups excluding carboxylic acids is 2. The molecule has 0 radical (unpaired) electrons. The van der Waals surface area contributed by atoms with E-state index < -0.39 is 10.0 Å². The number of urea groups is 1. The molecule has 34 heavy (non-hydrogen) atoms. The Balaban J connectivity index is 1.46. The van der Waals surface area contributed by atoms with Crippen LogP contribution in [0.2, 0.25) is 0 Å². The molecule has 0 spiro atoms. The molecule has 4 N–H and O–H groups in total. The molecule has 9 nitrogen and oxygen atoms in total. The van der Waals surface area contributed by atoms with Crippen molar-refractivity contribution in [2.24, 2.45) is 0 Å². The van der Waals surface area contributed by atoms with Gasteiger partial charge in [0, 0.05) is 36.5 Å². The average Bonchev–Trinajstić information content (AvgIpc) is 2.79. The van der Waals surface area contributed by atoms with E-state index in [0.717, 1.165) is 18.5 Å². The zero-order valence-electron chi connectivity index (χ0n) is 19.7. The van der Waals surface area contributed by atoms with Gasteiger partial charge in [-0.3, -0.25) is 9.69 Å². The third kappa shape index (κ3) is 7.28. The fraction of sp³-hybridized carbons (Fsp3) is 0.417. The van der Waals surface area contributed by atoms with Crippen molar-refractivity contribution in [2.75, 3.05) is 23.7 Å². The second-order valence-electron chi connectivity index (χ2n) is 8.74. The number of nitrogens with one attached hydrogen (secondary N) is 4. The summed E-state index contributed by atoms with van der Waals surface area (Å²) in [4.78, 5) is 27.2. The fourth-order valence-corrected chi connectivity index (χ4v) is 5.06. The van der Waals surface area contributed by atoms with Gasteiger partial charge in [0.15, 0.2) is 0 Å². The molecule has 2 aromatic rings. The fourth-order valence-electron chi connectivity index (χ4n) is 3.81. The van der Waals surface area contributed by atoms with Gasteiger partial charge < -0.3 is 16.0 Å². The topological polar surface area (TPSA) is 120 Å². The van der Waals surface area contributed by atoms with Gasteiger partial charge in [-0.1, -0.05) is 18.2 Å². The molecular formula is C24H33N5O4S. The lowest BCUT2D eigenvalue weighted by atomic mass is 10.0. The van der Waals surface area contributed by atoms with Crippen LogP contribution in [0, 0.1) is 0 Å². The van der Waals surface area contributed by atoms with E-state index in [-0.39, 0.29) is 35.0 Å². The summed E-state index contributed by atoms with van der Waals surface area (Å²) in [5, 5.41) is 8.67. The molecule has 2 aromatic carbocycles. The summed E-state index contributed by atoms with van der Waals surface area (Å²) in [6.45, 7) is 6.72. The first kappa shape index (κ1) is 25.7. The highest BCUT2D eigenvalue weighted by molar-refractivity contribution is 7.89. The lowest BCUT2D eigenvalue weighted by Gasteiger charge is -2.35. The third-order valence-electron chi connectivity index (χ3n) is 5.65. The van der Waals surface area contributed by atoms with Crippen molar-refractivity contribution in [3.8, 4) is 0 Å². The van der Waals surface area contributed by atoms with E-state index in [0.29, 0.717) is 18.8 Å². The maximum atomic E-state index is 12.7. The Labute approximate surface area is 201 Å². The Hall–Kier alpha value is -2.95. The van der Waals surface area contributed by atoms with Crippen molar-refractivity contribution in [1.82, 2.24) is 14.9 Å². The van der Waals surface area contributed by atoms with Crippen LogP contribution in [0.1, 0.15) is 33.6 Å². The number of likely N-dealkylation sites (tertiary alicyclic amines) is 1. The first-order chi connectivity index (χ1) is 16.1. The third-order valence-corrected chi connectivity index (χ3v) is 7.32. The maximum absolute atomic E-state index is 12.7. The van der Waals surface area contributed by atoms with Crippen LogP contribution in [0.5, 0.6) is 0 Å². The van der Waals surface area contributed by atoms with Gasteiger partial charge in [-0.25, -0.2) is 17.9 Å². The van der Waals surface area contributed by atoms with E-state index in [1.165, 1.54) is 12.1 Å². The molecule has 3 rings (SSSR count). The molecule has 0 aliphatic carbocycles. The molecule has 3 amide bonds. The van der Waals surface area contributed by atoms with E-state index in [1.54, 1.807) is 26.0 Å². The van der Waals surface area contributed by atoms with Gasteiger partial charge in [0.25, 0.3) is 0 Å². The van der Waals surface area contributed by atoms with Gasteiger partial charge in [0.05, 0.1) is 10.9 Å². The zero-order chi connectivity index (χ0) is 24.7. The van der Waals surface area contributed by atoms with E-state index in [4.69, 9.17) is 0 Å². The Kier molecular flexibility index (Phi) is 8.65. The number of benzene rings is 2. The number of para-hydroxylation sites is 1. The summed E-state index contributed by atoms with van der Waals surface area (Å²) < 4.78 is 27.0. The number of carbonyl (C=O) groups is 2. The molecule has 1 atom stereocenters. The minimum atomic E-state index is -3.58. The van der Waals surface area contributed by atoms with E-state index in [2.05, 4.69) is 25.6 Å². The van der Waals surface area contributed by atoms with Crippen LogP contribution in [-0.2, 0) is 14.8 Å². The Morgan fingerprint density at radius 1 is 0.882 bits per heavy atom. The van der Waals surface area contributed by atoms with Crippen molar-refractivity contribution in [1.29, 1.82) is 0 Å². The van der Waals surface area contributed by atoms with Gasteiger partial charge in [0.2, 0.25) is 15.9 Å². The van der Waals surface area contributed by atoms with Gasteiger partial charge >= 0.3 is 6.03 Å². The summed E-state index contributed by atoms with van der Waals surface area (Å²) in [6, 6.07) is 14.6. The van der Waals surface area contributed by atoms with Gasteiger partial charge in [-0.05, 0) is 70.0 Å². The highest BCUT2D eigenvalue weighted by Crippen LogP contribution is 2.17. The number of sulfonamides is 1. The predicted molar refractivity (Wildman–Crippen MR) is 133 cm³/mol. The number of amides is 3. The number of hydrogen-bond donors (Lipinski definition) is 4. The quantitative estimate of drug-likeness (QED) is 0.456. The standard InChI is InChI=1S/C24H33N5O4S/c1-17(2)28-34(32,33)22-11-9-20(10-12-22)25-23(30)18(3)29-15-13-21(14-16-29)27-24(31)26-19-7-5-4-6-8-19/h4-12,17-18,21,28H,13-16H2,1-3H3,(H,25,30)(H2,26,27,31). The molecule has 1 saturated heterocycles. The number of anilines is 2. The minimum Gasteiger partial charge on any atom is -0.335 e. The molecule has 1 aliphatic heterocycles. The SMILES string of the molecule is CC(C)NS(=O)(=O)c1ccc(NC(=O)C(C)N2CCC(NC(=O)Nc3ccccc3)CC2)cc1. The van der Waals surface area contributed by atoms with Crippen LogP contribution in [0.3, 0.4) is 0 Å². The van der Waals surface area contributed by atoms with E-state index in [9.17, 15) is 18.0 Å². The number of hydrogen-bond acceptors (Lipinski definition) is 5. The molecule has 1 unspecified atom stereocenters. The molecule has 0 bridgehead atoms. The largest absolute Gasteiger partial charge is 0.335 e. The summed E-state index contributed by atoms with van der Waals surface area (Å²) in [6.07, 6.45) is 1.49. The molecule has 184 valence electrons. The van der Waals surface area contributed by atoms with Crippen LogP contribution >= 0.6 is 0 Å². The van der Waals surface area contributed by atoms with Gasteiger partial charge in [0.1, 0.15) is 0 Å². The summed E-state index contributed by atoms with van der Waals surface area (Å²) in [5.41, 5.74) is 1.28. The van der Waals surface area contributed by atoms with Crippen molar-refractivity contribution >= 4 is 33.3 Å². The van der Waals surface area contributed by atoms with Crippen LogP contribution in [0.4, 0.5) is 16.2 Å². The summed E-state index contributed by atoms with van der Waals surface area (Å²) in [5.74, 6) is -0.163. The predicted octanol–water partition coefficient (Wildman–Crippen LogP) is 2.99. The first-order valence-corrected chi connectivity index (χ1v) is 12.9. The van der Waals surface area contributed by atoms with Crippen molar-refractivity contribution < 1.29 is 18.0 Å². The Morgan fingerprint density at radius 3 is 2.06 bits per heavy atom. The molecule has 10 heteroatoms. The molecule has 0 saturated carbocycles. The molecule has 1 fully saturated rings. The van der Waals surface area contributed by atoms with Crippen LogP contribution in [-0.4, -0.2) is 56.5 Å². The van der Waals surface area contributed by atoms with Crippen molar-refractivity contribution in [3.63, 3.8) is 0 Å². The number of nitrogens with zero attached hydrogens (tertiary/aromatic N) is 1. The van der Waals surface area contributed by atoms with E-state index >= 15 is 0 Å². The lowest BCUT2D eigenvalue weighted by Crippen LogP contribution is -2.51. The zero-order valence-corrected chi connectivity index (χ0v) is 20.6. The monoisotopic (exact) mass is 487 g/mol. The van der Waals surface area contributed by atoms with Crippen molar-refractivity contribution in [2.45, 2.75) is 56.6 Å². The Bertz CT molecular complexity index is 1070. The summed E-state index contributed by atoms with van der Waals surface area (Å²) in [7, 11) is -3.58. The van der Waals surface area contributed by atoms with Crippen LogP contribution < -0.4 is 20.7 Å². The van der Waals surface area contributed by atoms with E-state index in [1.807, 2.05) is 37.3 Å². The molecule has 1 aliphatic rings. The highest BCUT2D eigenvalue weighted by atomic mass is 32.2. The highest BCUT2D eigenvalue weighted by Gasteiger charge is 2.27. The second kappa shape index (κ2) is 11.5. The molecule has 1 heterocycles. The van der Waals surface area contributed by atoms with Crippen LogP contribution in [0.15, 0.2) is 59.5 Å². The van der Waals surface area contributed by atoms with Gasteiger partial charge in [-0.2, -0.15) is 0 Å². The average molecular weight is 488 g/mol. The second-order valence-corrected chi connectivity index (χ2v) is 10.5. The smallest absolute Gasteiger partial charge is 0.319 e. The number of piperidine rings is 1. The number of rotatable bonds is 8. The molecular weight excluding hydrogens is 454 g/mol. The maximum Gasteiger partial charge on any atom is 0.319 e. The first-order valence-electron chi connectivity index (χ1n) is 11.4. The van der Waals surface area contributed by atoms with Crippen molar-refractivity contribution in [3.05, 3.63) is 54.6 Å². The minimum absolute atomic E-state index is 0.0455.